The second kappa shape index (κ2) is 5.40. The van der Waals surface area contributed by atoms with Crippen LogP contribution in [0.5, 0.6) is 0 Å². The van der Waals surface area contributed by atoms with Crippen molar-refractivity contribution in [2.45, 2.75) is 25.6 Å². The maximum absolute atomic E-state index is 12.7. The Morgan fingerprint density at radius 1 is 1.30 bits per heavy atom. The van der Waals surface area contributed by atoms with Gasteiger partial charge in [-0.15, -0.1) is 11.3 Å². The first-order valence-electron chi connectivity index (χ1n) is 7.63. The summed E-state index contributed by atoms with van der Waals surface area (Å²) in [6.07, 6.45) is 4.38. The Labute approximate surface area is 136 Å². The van der Waals surface area contributed by atoms with Crippen LogP contribution >= 0.6 is 11.3 Å². The number of thiazole rings is 1. The second-order valence-electron chi connectivity index (χ2n) is 5.87. The van der Waals surface area contributed by atoms with Crippen LogP contribution in [-0.2, 0) is 9.47 Å². The Morgan fingerprint density at radius 2 is 2.00 bits per heavy atom. The number of ether oxygens (including phenoxy) is 2. The number of aromatic nitrogens is 2. The number of hydrogen-bond donors (Lipinski definition) is 0. The Balaban J connectivity index is 1.58. The van der Waals surface area contributed by atoms with Gasteiger partial charge in [0.25, 0.3) is 11.5 Å². The molecule has 0 bridgehead atoms. The molecule has 1 amide bonds. The zero-order valence-electron chi connectivity index (χ0n) is 12.8. The Hall–Kier alpha value is -1.77. The highest BCUT2D eigenvalue weighted by Gasteiger charge is 2.41. The molecule has 0 radical (unpaired) electrons. The van der Waals surface area contributed by atoms with Gasteiger partial charge in [0.1, 0.15) is 5.56 Å². The van der Waals surface area contributed by atoms with E-state index < -0.39 is 5.79 Å². The predicted molar refractivity (Wildman–Crippen MR) is 83.8 cm³/mol. The lowest BCUT2D eigenvalue weighted by molar-refractivity contribution is -0.181. The zero-order valence-corrected chi connectivity index (χ0v) is 13.6. The van der Waals surface area contributed by atoms with Crippen LogP contribution in [0.4, 0.5) is 0 Å². The molecule has 2 aromatic rings. The highest BCUT2D eigenvalue weighted by atomic mass is 32.1. The molecule has 0 N–H and O–H groups in total. The number of fused-ring (bicyclic) bond motifs is 1. The van der Waals surface area contributed by atoms with E-state index in [1.54, 1.807) is 11.1 Å². The fourth-order valence-electron chi connectivity index (χ4n) is 3.15. The summed E-state index contributed by atoms with van der Waals surface area (Å²) in [6.45, 7) is 4.15. The predicted octanol–water partition coefficient (Wildman–Crippen LogP) is 1.04. The molecule has 0 unspecified atom stereocenters. The third-order valence-corrected chi connectivity index (χ3v) is 5.29. The first kappa shape index (κ1) is 14.8. The summed E-state index contributed by atoms with van der Waals surface area (Å²) in [7, 11) is 0. The van der Waals surface area contributed by atoms with Gasteiger partial charge in [-0.25, -0.2) is 4.98 Å². The average molecular weight is 335 g/mol. The smallest absolute Gasteiger partial charge is 0.271 e. The molecule has 2 saturated heterocycles. The van der Waals surface area contributed by atoms with Crippen molar-refractivity contribution in [2.24, 2.45) is 0 Å². The first-order valence-corrected chi connectivity index (χ1v) is 8.45. The molecule has 2 aliphatic rings. The monoisotopic (exact) mass is 335 g/mol. The van der Waals surface area contributed by atoms with Crippen molar-refractivity contribution in [3.05, 3.63) is 33.2 Å². The number of piperidine rings is 1. The highest BCUT2D eigenvalue weighted by Crippen LogP contribution is 2.31. The van der Waals surface area contributed by atoms with Crippen LogP contribution in [0.3, 0.4) is 0 Å². The number of carbonyl (C=O) groups is 1. The number of nitrogens with zero attached hydrogens (tertiary/aromatic N) is 3. The Morgan fingerprint density at radius 3 is 2.70 bits per heavy atom. The van der Waals surface area contributed by atoms with Crippen molar-refractivity contribution in [3.63, 3.8) is 0 Å². The van der Waals surface area contributed by atoms with Crippen molar-refractivity contribution in [3.8, 4) is 0 Å². The van der Waals surface area contributed by atoms with Crippen molar-refractivity contribution < 1.29 is 14.3 Å². The van der Waals surface area contributed by atoms with Crippen LogP contribution in [0.25, 0.3) is 4.96 Å². The minimum Gasteiger partial charge on any atom is -0.347 e. The minimum absolute atomic E-state index is 0.115. The molecule has 8 heteroatoms. The van der Waals surface area contributed by atoms with Crippen LogP contribution < -0.4 is 5.56 Å². The van der Waals surface area contributed by atoms with Crippen molar-refractivity contribution >= 4 is 22.2 Å². The summed E-state index contributed by atoms with van der Waals surface area (Å²) in [5.41, 5.74) is -0.192. The van der Waals surface area contributed by atoms with Gasteiger partial charge in [-0.3, -0.25) is 14.0 Å². The lowest BCUT2D eigenvalue weighted by atomic mass is 10.0. The molecule has 0 atom stereocenters. The summed E-state index contributed by atoms with van der Waals surface area (Å²) in [4.78, 5) is 32.7. The van der Waals surface area contributed by atoms with E-state index in [0.717, 1.165) is 4.88 Å². The summed E-state index contributed by atoms with van der Waals surface area (Å²) in [6, 6.07) is 0. The van der Waals surface area contributed by atoms with Gasteiger partial charge in [0.2, 0.25) is 0 Å². The maximum Gasteiger partial charge on any atom is 0.271 e. The lowest BCUT2D eigenvalue weighted by Crippen LogP contribution is -2.48. The van der Waals surface area contributed by atoms with Gasteiger partial charge in [-0.1, -0.05) is 0 Å². The van der Waals surface area contributed by atoms with E-state index in [9.17, 15) is 9.59 Å². The summed E-state index contributed by atoms with van der Waals surface area (Å²) in [5.74, 6) is -0.799. The molecule has 7 nitrogen and oxygen atoms in total. The maximum atomic E-state index is 12.7. The van der Waals surface area contributed by atoms with Gasteiger partial charge in [0, 0.05) is 43.2 Å². The van der Waals surface area contributed by atoms with E-state index in [-0.39, 0.29) is 17.0 Å². The summed E-state index contributed by atoms with van der Waals surface area (Å²) < 4.78 is 12.8. The molecule has 4 rings (SSSR count). The lowest BCUT2D eigenvalue weighted by Gasteiger charge is -2.37. The second-order valence-corrected chi connectivity index (χ2v) is 7.08. The van der Waals surface area contributed by atoms with E-state index in [0.29, 0.717) is 44.1 Å². The zero-order chi connectivity index (χ0) is 16.0. The van der Waals surface area contributed by atoms with Crippen LogP contribution in [0.2, 0.25) is 0 Å². The Bertz CT molecular complexity index is 812. The van der Waals surface area contributed by atoms with E-state index in [2.05, 4.69) is 4.98 Å². The standard InChI is InChI=1S/C15H17N3O4S/c1-10-9-18-13(20)11(8-16-14(18)23-10)12(19)17-4-2-15(3-5-17)21-6-7-22-15/h8-9H,2-7H2,1H3. The van der Waals surface area contributed by atoms with Gasteiger partial charge in [-0.05, 0) is 6.92 Å². The third kappa shape index (κ3) is 2.46. The average Bonchev–Trinajstić information content (AvgIpc) is 3.15. The van der Waals surface area contributed by atoms with Crippen molar-refractivity contribution in [1.29, 1.82) is 0 Å². The minimum atomic E-state index is -0.529. The van der Waals surface area contributed by atoms with E-state index in [1.165, 1.54) is 21.9 Å². The Kier molecular flexibility index (Phi) is 3.47. The number of carbonyl (C=O) groups excluding carboxylic acids is 1. The number of aryl methyl sites for hydroxylation is 1. The van der Waals surface area contributed by atoms with E-state index >= 15 is 0 Å². The third-order valence-electron chi connectivity index (χ3n) is 4.38. The molecular weight excluding hydrogens is 318 g/mol. The molecule has 1 spiro atoms. The van der Waals surface area contributed by atoms with Gasteiger partial charge < -0.3 is 14.4 Å². The largest absolute Gasteiger partial charge is 0.347 e. The van der Waals surface area contributed by atoms with E-state index in [4.69, 9.17) is 9.47 Å². The summed E-state index contributed by atoms with van der Waals surface area (Å²) in [5, 5.41) is 0. The number of likely N-dealkylation sites (tertiary alicyclic amines) is 1. The molecule has 0 aromatic carbocycles. The molecule has 4 heterocycles. The SMILES string of the molecule is Cc1cn2c(=O)c(C(=O)N3CCC4(CC3)OCCO4)cnc2s1. The normalized spacial score (nSPS) is 20.5. The van der Waals surface area contributed by atoms with Crippen LogP contribution in [-0.4, -0.2) is 52.3 Å². The molecule has 0 aliphatic carbocycles. The number of rotatable bonds is 1. The van der Waals surface area contributed by atoms with Gasteiger partial charge in [-0.2, -0.15) is 0 Å². The van der Waals surface area contributed by atoms with Crippen LogP contribution in [0.1, 0.15) is 28.1 Å². The fraction of sp³-hybridized carbons (Fsp3) is 0.533. The van der Waals surface area contributed by atoms with Crippen molar-refractivity contribution in [2.75, 3.05) is 26.3 Å². The molecular formula is C15H17N3O4S. The molecule has 2 aliphatic heterocycles. The van der Waals surface area contributed by atoms with Gasteiger partial charge >= 0.3 is 0 Å². The van der Waals surface area contributed by atoms with E-state index in [1.807, 2.05) is 6.92 Å². The van der Waals surface area contributed by atoms with Crippen LogP contribution in [0.15, 0.2) is 17.2 Å². The van der Waals surface area contributed by atoms with Gasteiger partial charge in [0.05, 0.1) is 13.2 Å². The van der Waals surface area contributed by atoms with Gasteiger partial charge in [0.15, 0.2) is 10.7 Å². The fourth-order valence-corrected chi connectivity index (χ4v) is 3.93. The molecule has 2 aromatic heterocycles. The molecule has 23 heavy (non-hydrogen) atoms. The quantitative estimate of drug-likeness (QED) is 0.779. The molecule has 0 saturated carbocycles. The summed E-state index contributed by atoms with van der Waals surface area (Å²) >= 11 is 1.43. The van der Waals surface area contributed by atoms with Crippen LogP contribution in [0, 0.1) is 6.92 Å². The molecule has 2 fully saturated rings. The van der Waals surface area contributed by atoms with Crippen molar-refractivity contribution in [1.82, 2.24) is 14.3 Å². The first-order chi connectivity index (χ1) is 11.1. The number of amides is 1. The molecule has 122 valence electrons. The topological polar surface area (TPSA) is 73.1 Å². The number of hydrogen-bond acceptors (Lipinski definition) is 6. The highest BCUT2D eigenvalue weighted by molar-refractivity contribution is 7.16.